The van der Waals surface area contributed by atoms with E-state index in [4.69, 9.17) is 9.84 Å². The lowest BCUT2D eigenvalue weighted by molar-refractivity contribution is -0.873. The van der Waals surface area contributed by atoms with Crippen LogP contribution in [0.5, 0.6) is 0 Å². The fourth-order valence-electron chi connectivity index (χ4n) is 2.24. The minimum Gasteiger partial charge on any atom is -0.481 e. The third-order valence-corrected chi connectivity index (χ3v) is 3.19. The van der Waals surface area contributed by atoms with Crippen molar-refractivity contribution in [3.8, 4) is 0 Å². The number of carbonyl (C=O) groups excluding carboxylic acids is 1. The predicted octanol–water partition coefficient (Wildman–Crippen LogP) is 2.83. The standard InChI is InChI=1S/C16H31NO4/c1-5-6-7-8-9-10-11-16(20)21-14(12-15(18)19)13-17(2,3)4/h14H,5-13H2,1-4H3/p+1/t14-/m1/s1. The Morgan fingerprint density at radius 2 is 1.62 bits per heavy atom. The Kier molecular flexibility index (Phi) is 10.0. The molecule has 0 saturated heterocycles. The van der Waals surface area contributed by atoms with Crippen molar-refractivity contribution in [1.29, 1.82) is 0 Å². The molecule has 0 aliphatic heterocycles. The largest absolute Gasteiger partial charge is 0.481 e. The second kappa shape index (κ2) is 10.6. The van der Waals surface area contributed by atoms with E-state index in [2.05, 4.69) is 6.92 Å². The zero-order valence-electron chi connectivity index (χ0n) is 14.1. The number of hydrogen-bond acceptors (Lipinski definition) is 3. The fourth-order valence-corrected chi connectivity index (χ4v) is 2.24. The van der Waals surface area contributed by atoms with E-state index in [1.807, 2.05) is 21.1 Å². The summed E-state index contributed by atoms with van der Waals surface area (Å²) in [5.41, 5.74) is 0. The van der Waals surface area contributed by atoms with Gasteiger partial charge in [0.05, 0.1) is 27.6 Å². The van der Waals surface area contributed by atoms with Gasteiger partial charge in [-0.3, -0.25) is 9.59 Å². The molecule has 0 radical (unpaired) electrons. The minimum atomic E-state index is -0.930. The molecular weight excluding hydrogens is 270 g/mol. The SMILES string of the molecule is CCCCCCCCC(=O)O[C@H](CC(=O)O)C[N+](C)(C)C. The van der Waals surface area contributed by atoms with E-state index < -0.39 is 12.1 Å². The third-order valence-electron chi connectivity index (χ3n) is 3.19. The Bertz CT molecular complexity index is 310. The van der Waals surface area contributed by atoms with E-state index in [-0.39, 0.29) is 12.4 Å². The summed E-state index contributed by atoms with van der Waals surface area (Å²) in [4.78, 5) is 22.6. The number of carboxylic acids is 1. The second-order valence-electron chi connectivity index (χ2n) is 6.70. The highest BCUT2D eigenvalue weighted by atomic mass is 16.5. The monoisotopic (exact) mass is 302 g/mol. The number of likely N-dealkylation sites (N-methyl/N-ethyl adjacent to an activating group) is 1. The molecule has 0 bridgehead atoms. The predicted molar refractivity (Wildman–Crippen MR) is 83.0 cm³/mol. The number of nitrogens with zero attached hydrogens (tertiary/aromatic N) is 1. The Morgan fingerprint density at radius 1 is 1.05 bits per heavy atom. The van der Waals surface area contributed by atoms with Crippen molar-refractivity contribution in [2.45, 2.75) is 64.4 Å². The van der Waals surface area contributed by atoms with Crippen molar-refractivity contribution < 1.29 is 23.9 Å². The Hall–Kier alpha value is -1.10. The molecule has 21 heavy (non-hydrogen) atoms. The molecule has 0 aromatic heterocycles. The van der Waals surface area contributed by atoms with Crippen LogP contribution in [0.25, 0.3) is 0 Å². The van der Waals surface area contributed by atoms with Crippen molar-refractivity contribution in [1.82, 2.24) is 0 Å². The molecule has 0 unspecified atom stereocenters. The molecule has 0 aromatic carbocycles. The summed E-state index contributed by atoms with van der Waals surface area (Å²) >= 11 is 0. The first kappa shape index (κ1) is 19.9. The number of esters is 1. The van der Waals surface area contributed by atoms with Gasteiger partial charge < -0.3 is 14.3 Å². The summed E-state index contributed by atoms with van der Waals surface area (Å²) in [5, 5.41) is 8.89. The average Bonchev–Trinajstić information content (AvgIpc) is 2.30. The van der Waals surface area contributed by atoms with Gasteiger partial charge in [0.15, 0.2) is 6.10 Å². The maximum absolute atomic E-state index is 11.8. The van der Waals surface area contributed by atoms with E-state index in [1.54, 1.807) is 0 Å². The molecule has 5 nitrogen and oxygen atoms in total. The molecule has 0 aliphatic carbocycles. The normalized spacial score (nSPS) is 13.0. The summed E-state index contributed by atoms with van der Waals surface area (Å²) in [6.45, 7) is 2.68. The summed E-state index contributed by atoms with van der Waals surface area (Å²) in [6, 6.07) is 0. The average molecular weight is 302 g/mol. The first-order valence-corrected chi connectivity index (χ1v) is 7.96. The molecule has 0 spiro atoms. The van der Waals surface area contributed by atoms with Crippen LogP contribution in [0.4, 0.5) is 0 Å². The summed E-state index contributed by atoms with van der Waals surface area (Å²) < 4.78 is 5.90. The zero-order chi connectivity index (χ0) is 16.3. The number of quaternary nitrogens is 1. The molecule has 0 heterocycles. The quantitative estimate of drug-likeness (QED) is 0.342. The highest BCUT2D eigenvalue weighted by molar-refractivity contribution is 5.71. The number of carboxylic acid groups (broad SMARTS) is 1. The number of aliphatic carboxylic acids is 1. The van der Waals surface area contributed by atoms with Gasteiger partial charge in [0, 0.05) is 6.42 Å². The maximum atomic E-state index is 11.8. The van der Waals surface area contributed by atoms with Crippen molar-refractivity contribution >= 4 is 11.9 Å². The smallest absolute Gasteiger partial charge is 0.307 e. The van der Waals surface area contributed by atoms with Crippen molar-refractivity contribution in [3.05, 3.63) is 0 Å². The molecule has 0 saturated carbocycles. The molecule has 1 atom stereocenters. The van der Waals surface area contributed by atoms with Crippen LogP contribution in [-0.4, -0.2) is 55.3 Å². The molecule has 0 fully saturated rings. The van der Waals surface area contributed by atoms with Gasteiger partial charge in [0.25, 0.3) is 0 Å². The molecule has 1 N–H and O–H groups in total. The van der Waals surface area contributed by atoms with Crippen LogP contribution in [0.1, 0.15) is 58.3 Å². The van der Waals surface area contributed by atoms with Gasteiger partial charge in [-0.05, 0) is 6.42 Å². The van der Waals surface area contributed by atoms with Gasteiger partial charge in [0.1, 0.15) is 6.54 Å². The molecule has 0 aliphatic rings. The van der Waals surface area contributed by atoms with Crippen molar-refractivity contribution in [3.63, 3.8) is 0 Å². The fraction of sp³-hybridized carbons (Fsp3) is 0.875. The lowest BCUT2D eigenvalue weighted by atomic mass is 10.1. The van der Waals surface area contributed by atoms with Crippen LogP contribution in [-0.2, 0) is 14.3 Å². The number of hydrogen-bond donors (Lipinski definition) is 1. The summed E-state index contributed by atoms with van der Waals surface area (Å²) in [5.74, 6) is -1.20. The van der Waals surface area contributed by atoms with Crippen molar-refractivity contribution in [2.24, 2.45) is 0 Å². The third kappa shape index (κ3) is 13.6. The molecule has 0 aromatic rings. The number of ether oxygens (including phenoxy) is 1. The highest BCUT2D eigenvalue weighted by Crippen LogP contribution is 2.10. The van der Waals surface area contributed by atoms with Gasteiger partial charge >= 0.3 is 11.9 Å². The van der Waals surface area contributed by atoms with Gasteiger partial charge in [-0.15, -0.1) is 0 Å². The van der Waals surface area contributed by atoms with E-state index in [0.717, 1.165) is 19.3 Å². The lowest BCUT2D eigenvalue weighted by Gasteiger charge is -2.28. The van der Waals surface area contributed by atoms with Crippen LogP contribution in [0.15, 0.2) is 0 Å². The van der Waals surface area contributed by atoms with Gasteiger partial charge in [-0.2, -0.15) is 0 Å². The minimum absolute atomic E-state index is 0.127. The van der Waals surface area contributed by atoms with Gasteiger partial charge in [0.2, 0.25) is 0 Å². The van der Waals surface area contributed by atoms with Crippen LogP contribution in [0, 0.1) is 0 Å². The highest BCUT2D eigenvalue weighted by Gasteiger charge is 2.24. The Balaban J connectivity index is 4.01. The van der Waals surface area contributed by atoms with Crippen LogP contribution in [0.2, 0.25) is 0 Å². The van der Waals surface area contributed by atoms with Crippen LogP contribution < -0.4 is 0 Å². The first-order chi connectivity index (χ1) is 9.74. The van der Waals surface area contributed by atoms with Crippen LogP contribution in [0.3, 0.4) is 0 Å². The summed E-state index contributed by atoms with van der Waals surface area (Å²) in [7, 11) is 5.86. The van der Waals surface area contributed by atoms with Gasteiger partial charge in [-0.25, -0.2) is 0 Å². The molecular formula is C16H32NO4+. The van der Waals surface area contributed by atoms with E-state index in [0.29, 0.717) is 17.4 Å². The maximum Gasteiger partial charge on any atom is 0.307 e. The topological polar surface area (TPSA) is 63.6 Å². The molecule has 0 amide bonds. The van der Waals surface area contributed by atoms with Crippen molar-refractivity contribution in [2.75, 3.05) is 27.7 Å². The molecule has 0 rings (SSSR count). The van der Waals surface area contributed by atoms with Crippen LogP contribution >= 0.6 is 0 Å². The molecule has 124 valence electrons. The lowest BCUT2D eigenvalue weighted by Crippen LogP contribution is -2.43. The number of rotatable bonds is 12. The first-order valence-electron chi connectivity index (χ1n) is 7.96. The van der Waals surface area contributed by atoms with E-state index >= 15 is 0 Å². The Labute approximate surface area is 128 Å². The zero-order valence-corrected chi connectivity index (χ0v) is 14.1. The number of carbonyl (C=O) groups is 2. The second-order valence-corrected chi connectivity index (χ2v) is 6.70. The van der Waals surface area contributed by atoms with E-state index in [1.165, 1.54) is 19.3 Å². The Morgan fingerprint density at radius 3 is 2.14 bits per heavy atom. The summed E-state index contributed by atoms with van der Waals surface area (Å²) in [6.07, 6.45) is 6.40. The van der Waals surface area contributed by atoms with Gasteiger partial charge in [-0.1, -0.05) is 39.0 Å². The van der Waals surface area contributed by atoms with E-state index in [9.17, 15) is 9.59 Å². The number of unbranched alkanes of at least 4 members (excludes halogenated alkanes) is 5. The molecule has 5 heteroatoms.